The SMILES string of the molecule is NCC1CCC(C(=O)N(CC(=O)O)c2ccccc2)O1. The molecule has 1 aromatic carbocycles. The highest BCUT2D eigenvalue weighted by atomic mass is 16.5. The molecule has 1 fully saturated rings. The standard InChI is InChI=1S/C14H18N2O4/c15-8-11-6-7-12(20-11)14(19)16(9-13(17)18)10-4-2-1-3-5-10/h1-5,11-12H,6-9,15H2,(H,17,18). The number of benzene rings is 1. The fraction of sp³-hybridized carbons (Fsp3) is 0.429. The fourth-order valence-electron chi connectivity index (χ4n) is 2.27. The Balaban J connectivity index is 2.15. The summed E-state index contributed by atoms with van der Waals surface area (Å²) < 4.78 is 5.55. The minimum Gasteiger partial charge on any atom is -0.480 e. The van der Waals surface area contributed by atoms with Crippen molar-refractivity contribution in [1.29, 1.82) is 0 Å². The maximum Gasteiger partial charge on any atom is 0.323 e. The molecule has 0 radical (unpaired) electrons. The van der Waals surface area contributed by atoms with E-state index in [0.29, 0.717) is 18.7 Å². The van der Waals surface area contributed by atoms with Crippen molar-refractivity contribution in [1.82, 2.24) is 0 Å². The summed E-state index contributed by atoms with van der Waals surface area (Å²) in [7, 11) is 0. The number of carbonyl (C=O) groups excluding carboxylic acids is 1. The molecule has 108 valence electrons. The smallest absolute Gasteiger partial charge is 0.323 e. The Morgan fingerprint density at radius 2 is 2.00 bits per heavy atom. The Hall–Kier alpha value is -1.92. The van der Waals surface area contributed by atoms with Gasteiger partial charge in [0, 0.05) is 12.2 Å². The van der Waals surface area contributed by atoms with Crippen molar-refractivity contribution >= 4 is 17.6 Å². The van der Waals surface area contributed by atoms with Gasteiger partial charge in [-0.2, -0.15) is 0 Å². The second-order valence-electron chi connectivity index (χ2n) is 4.71. The average Bonchev–Trinajstić information content (AvgIpc) is 2.94. The van der Waals surface area contributed by atoms with E-state index in [1.807, 2.05) is 6.07 Å². The molecular weight excluding hydrogens is 260 g/mol. The molecule has 0 saturated carbocycles. The third-order valence-electron chi connectivity index (χ3n) is 3.27. The quantitative estimate of drug-likeness (QED) is 0.823. The second-order valence-corrected chi connectivity index (χ2v) is 4.71. The summed E-state index contributed by atoms with van der Waals surface area (Å²) in [4.78, 5) is 24.6. The van der Waals surface area contributed by atoms with Crippen molar-refractivity contribution in [3.63, 3.8) is 0 Å². The first kappa shape index (κ1) is 14.5. The summed E-state index contributed by atoms with van der Waals surface area (Å²) in [5.41, 5.74) is 6.08. The Morgan fingerprint density at radius 1 is 1.30 bits per heavy atom. The molecule has 6 heteroatoms. The van der Waals surface area contributed by atoms with Gasteiger partial charge in [0.1, 0.15) is 12.6 Å². The van der Waals surface area contributed by atoms with E-state index in [2.05, 4.69) is 0 Å². The lowest BCUT2D eigenvalue weighted by atomic mass is 10.1. The van der Waals surface area contributed by atoms with E-state index >= 15 is 0 Å². The van der Waals surface area contributed by atoms with Crippen molar-refractivity contribution in [2.24, 2.45) is 5.73 Å². The molecule has 6 nitrogen and oxygen atoms in total. The molecule has 0 bridgehead atoms. The van der Waals surface area contributed by atoms with Gasteiger partial charge in [0.05, 0.1) is 6.10 Å². The van der Waals surface area contributed by atoms with E-state index in [1.165, 1.54) is 4.90 Å². The van der Waals surface area contributed by atoms with Crippen LogP contribution < -0.4 is 10.6 Å². The van der Waals surface area contributed by atoms with Crippen molar-refractivity contribution in [2.45, 2.75) is 25.0 Å². The van der Waals surface area contributed by atoms with E-state index in [-0.39, 0.29) is 18.6 Å². The lowest BCUT2D eigenvalue weighted by molar-refractivity contribution is -0.138. The van der Waals surface area contributed by atoms with Crippen molar-refractivity contribution < 1.29 is 19.4 Å². The first-order valence-corrected chi connectivity index (χ1v) is 6.55. The molecule has 2 atom stereocenters. The molecule has 1 saturated heterocycles. The molecule has 20 heavy (non-hydrogen) atoms. The van der Waals surface area contributed by atoms with Gasteiger partial charge in [-0.15, -0.1) is 0 Å². The Morgan fingerprint density at radius 3 is 2.55 bits per heavy atom. The largest absolute Gasteiger partial charge is 0.480 e. The van der Waals surface area contributed by atoms with Crippen molar-refractivity contribution in [2.75, 3.05) is 18.0 Å². The molecular formula is C14H18N2O4. The van der Waals surface area contributed by atoms with E-state index in [4.69, 9.17) is 15.6 Å². The van der Waals surface area contributed by atoms with Gasteiger partial charge < -0.3 is 15.6 Å². The number of hydrogen-bond acceptors (Lipinski definition) is 4. The van der Waals surface area contributed by atoms with E-state index < -0.39 is 12.1 Å². The highest BCUT2D eigenvalue weighted by molar-refractivity contribution is 6.00. The zero-order chi connectivity index (χ0) is 14.5. The van der Waals surface area contributed by atoms with Gasteiger partial charge in [-0.1, -0.05) is 18.2 Å². The monoisotopic (exact) mass is 278 g/mol. The number of aliphatic carboxylic acids is 1. The van der Waals surface area contributed by atoms with Crippen LogP contribution in [-0.4, -0.2) is 42.3 Å². The lowest BCUT2D eigenvalue weighted by Crippen LogP contribution is -2.42. The topological polar surface area (TPSA) is 92.9 Å². The van der Waals surface area contributed by atoms with Gasteiger partial charge in [0.2, 0.25) is 0 Å². The van der Waals surface area contributed by atoms with Crippen LogP contribution in [0.15, 0.2) is 30.3 Å². The number of rotatable bonds is 5. The number of ether oxygens (including phenoxy) is 1. The number of nitrogens with two attached hydrogens (primary N) is 1. The number of nitrogens with zero attached hydrogens (tertiary/aromatic N) is 1. The van der Waals surface area contributed by atoms with E-state index in [0.717, 1.165) is 6.42 Å². The van der Waals surface area contributed by atoms with Gasteiger partial charge in [-0.3, -0.25) is 14.5 Å². The molecule has 0 spiro atoms. The van der Waals surface area contributed by atoms with Crippen LogP contribution in [0.4, 0.5) is 5.69 Å². The molecule has 2 unspecified atom stereocenters. The first-order chi connectivity index (χ1) is 9.61. The minimum absolute atomic E-state index is 0.119. The molecule has 1 aromatic rings. The van der Waals surface area contributed by atoms with Crippen LogP contribution in [0.3, 0.4) is 0 Å². The minimum atomic E-state index is -1.06. The third-order valence-corrected chi connectivity index (χ3v) is 3.27. The zero-order valence-corrected chi connectivity index (χ0v) is 11.1. The summed E-state index contributed by atoms with van der Waals surface area (Å²) in [6, 6.07) is 8.74. The maximum absolute atomic E-state index is 12.4. The highest BCUT2D eigenvalue weighted by Crippen LogP contribution is 2.23. The van der Waals surface area contributed by atoms with Crippen molar-refractivity contribution in [3.05, 3.63) is 30.3 Å². The summed E-state index contributed by atoms with van der Waals surface area (Å²) in [6.07, 6.45) is 0.571. The van der Waals surface area contributed by atoms with Crippen LogP contribution in [0.1, 0.15) is 12.8 Å². The number of amides is 1. The van der Waals surface area contributed by atoms with E-state index in [1.54, 1.807) is 24.3 Å². The molecule has 1 heterocycles. The first-order valence-electron chi connectivity index (χ1n) is 6.55. The molecule has 3 N–H and O–H groups in total. The molecule has 1 aliphatic rings. The summed E-state index contributed by atoms with van der Waals surface area (Å²) in [6.45, 7) is -0.00988. The number of carboxylic acid groups (broad SMARTS) is 1. The third kappa shape index (κ3) is 3.34. The number of carbonyl (C=O) groups is 2. The number of para-hydroxylation sites is 1. The van der Waals surface area contributed by atoms with Crippen molar-refractivity contribution in [3.8, 4) is 0 Å². The number of hydrogen-bond donors (Lipinski definition) is 2. The van der Waals surface area contributed by atoms with Crippen LogP contribution in [0.2, 0.25) is 0 Å². The van der Waals surface area contributed by atoms with Gasteiger partial charge in [-0.25, -0.2) is 0 Å². The predicted octanol–water partition coefficient (Wildman–Crippen LogP) is 0.611. The molecule has 1 aliphatic heterocycles. The van der Waals surface area contributed by atoms with Gasteiger partial charge in [0.15, 0.2) is 0 Å². The van der Waals surface area contributed by atoms with Crippen LogP contribution >= 0.6 is 0 Å². The summed E-state index contributed by atoms with van der Waals surface area (Å²) in [5.74, 6) is -1.38. The summed E-state index contributed by atoms with van der Waals surface area (Å²) >= 11 is 0. The van der Waals surface area contributed by atoms with Crippen LogP contribution in [0.25, 0.3) is 0 Å². The zero-order valence-electron chi connectivity index (χ0n) is 11.1. The molecule has 1 amide bonds. The van der Waals surface area contributed by atoms with Gasteiger partial charge >= 0.3 is 5.97 Å². The maximum atomic E-state index is 12.4. The van der Waals surface area contributed by atoms with Gasteiger partial charge in [-0.05, 0) is 25.0 Å². The predicted molar refractivity (Wildman–Crippen MR) is 73.4 cm³/mol. The average molecular weight is 278 g/mol. The normalized spacial score (nSPS) is 21.6. The highest BCUT2D eigenvalue weighted by Gasteiger charge is 2.34. The molecule has 2 rings (SSSR count). The summed E-state index contributed by atoms with van der Waals surface area (Å²) in [5, 5.41) is 8.98. The molecule has 0 aliphatic carbocycles. The van der Waals surface area contributed by atoms with Crippen LogP contribution in [0.5, 0.6) is 0 Å². The Bertz CT molecular complexity index is 477. The van der Waals surface area contributed by atoms with Gasteiger partial charge in [0.25, 0.3) is 5.91 Å². The Kier molecular flexibility index (Phi) is 4.70. The van der Waals surface area contributed by atoms with E-state index in [9.17, 15) is 9.59 Å². The number of anilines is 1. The van der Waals surface area contributed by atoms with Crippen LogP contribution in [0, 0.1) is 0 Å². The lowest BCUT2D eigenvalue weighted by Gasteiger charge is -2.24. The Labute approximate surface area is 117 Å². The number of carboxylic acids is 1. The fourth-order valence-corrected chi connectivity index (χ4v) is 2.27. The second kappa shape index (κ2) is 6.49. The molecule has 0 aromatic heterocycles. The van der Waals surface area contributed by atoms with Crippen LogP contribution in [-0.2, 0) is 14.3 Å².